The number of allylic oxidation sites excluding steroid dienone is 10. The first-order chi connectivity index (χ1) is 38.5. The fraction of sp³-hybridized carbons (Fsp3) is 0.819. The number of unbranched alkanes of at least 4 members (excludes halogenated alkanes) is 42. The van der Waals surface area contributed by atoms with Gasteiger partial charge in [0.1, 0.15) is 13.2 Å². The Morgan fingerprint density at radius 3 is 0.782 bits per heavy atom. The van der Waals surface area contributed by atoms with Crippen LogP contribution in [0.2, 0.25) is 0 Å². The van der Waals surface area contributed by atoms with E-state index in [1.54, 1.807) is 0 Å². The van der Waals surface area contributed by atoms with Crippen molar-refractivity contribution in [2.24, 2.45) is 0 Å². The third kappa shape index (κ3) is 63.9. The van der Waals surface area contributed by atoms with Gasteiger partial charge in [-0.15, -0.1) is 0 Å². The summed E-state index contributed by atoms with van der Waals surface area (Å²) in [7, 11) is 0. The molecule has 0 aliphatic rings. The largest absolute Gasteiger partial charge is 0.462 e. The zero-order chi connectivity index (χ0) is 56.4. The zero-order valence-corrected chi connectivity index (χ0v) is 52.2. The predicted octanol–water partition coefficient (Wildman–Crippen LogP) is 23.5. The molecule has 0 heterocycles. The van der Waals surface area contributed by atoms with Gasteiger partial charge in [0.05, 0.1) is 0 Å². The quantitative estimate of drug-likeness (QED) is 0.0261. The Morgan fingerprint density at radius 2 is 0.500 bits per heavy atom. The molecule has 454 valence electrons. The molecular formula is C72H130O6. The molecule has 0 saturated carbocycles. The van der Waals surface area contributed by atoms with Gasteiger partial charge in [-0.1, -0.05) is 338 Å². The van der Waals surface area contributed by atoms with E-state index in [0.717, 1.165) is 96.3 Å². The van der Waals surface area contributed by atoms with Crippen molar-refractivity contribution in [3.8, 4) is 0 Å². The van der Waals surface area contributed by atoms with Gasteiger partial charge in [-0.05, 0) is 64.2 Å². The van der Waals surface area contributed by atoms with E-state index >= 15 is 0 Å². The third-order valence-electron chi connectivity index (χ3n) is 15.3. The van der Waals surface area contributed by atoms with Gasteiger partial charge in [0.25, 0.3) is 0 Å². The van der Waals surface area contributed by atoms with E-state index in [2.05, 4.69) is 81.5 Å². The van der Waals surface area contributed by atoms with Crippen molar-refractivity contribution in [1.29, 1.82) is 0 Å². The molecule has 6 heteroatoms. The van der Waals surface area contributed by atoms with Gasteiger partial charge in [-0.25, -0.2) is 0 Å². The number of esters is 3. The molecule has 0 rings (SSSR count). The second-order valence-corrected chi connectivity index (χ2v) is 23.1. The predicted molar refractivity (Wildman–Crippen MR) is 339 cm³/mol. The van der Waals surface area contributed by atoms with E-state index in [4.69, 9.17) is 14.2 Å². The minimum atomic E-state index is -0.774. The molecule has 0 radical (unpaired) electrons. The van der Waals surface area contributed by atoms with Crippen LogP contribution in [0.15, 0.2) is 60.8 Å². The van der Waals surface area contributed by atoms with Crippen molar-refractivity contribution in [3.63, 3.8) is 0 Å². The maximum Gasteiger partial charge on any atom is 0.306 e. The SMILES string of the molecule is CC/C=C\C/C=C\C/C=C\C/C=C\C/C=C\CCCCCCCCCCCC(=O)OCC(COC(=O)CCCCCCCCCCCCCCCCC)OC(=O)CCCCCCCCCCCCCCCCCCCCCC. The lowest BCUT2D eigenvalue weighted by molar-refractivity contribution is -0.167. The summed E-state index contributed by atoms with van der Waals surface area (Å²) in [5.41, 5.74) is 0. The third-order valence-corrected chi connectivity index (χ3v) is 15.3. The number of hydrogen-bond acceptors (Lipinski definition) is 6. The summed E-state index contributed by atoms with van der Waals surface area (Å²) in [6.07, 6.45) is 85.2. The molecule has 0 saturated heterocycles. The molecule has 0 amide bonds. The molecule has 0 spiro atoms. The maximum atomic E-state index is 12.9. The van der Waals surface area contributed by atoms with Crippen molar-refractivity contribution in [2.45, 2.75) is 367 Å². The van der Waals surface area contributed by atoms with Crippen LogP contribution in [0, 0.1) is 0 Å². The van der Waals surface area contributed by atoms with E-state index in [0.29, 0.717) is 19.3 Å². The second-order valence-electron chi connectivity index (χ2n) is 23.1. The monoisotopic (exact) mass is 1090 g/mol. The fourth-order valence-electron chi connectivity index (χ4n) is 10.2. The van der Waals surface area contributed by atoms with Crippen LogP contribution in [0.25, 0.3) is 0 Å². The van der Waals surface area contributed by atoms with E-state index in [9.17, 15) is 14.4 Å². The standard InChI is InChI=1S/C72H130O6/c1-4-7-10-13-16-19-22-25-28-30-32-34-35-36-37-38-40-41-44-47-50-53-56-59-62-65-71(74)77-68-69(67-76-70(73)64-61-58-55-52-49-46-43-27-24-21-18-15-12-9-6-3)78-72(75)66-63-60-57-54-51-48-45-42-39-33-31-29-26-23-20-17-14-11-8-5-2/h7,10,16,19,25,28,32,34,36-37,69H,4-6,8-9,11-15,17-18,20-24,26-27,29-31,33,35,38-68H2,1-3H3/b10-7-,19-16-,28-25-,34-32-,37-36-. The minimum Gasteiger partial charge on any atom is -0.462 e. The summed E-state index contributed by atoms with van der Waals surface area (Å²) in [6, 6.07) is 0. The molecule has 6 nitrogen and oxygen atoms in total. The van der Waals surface area contributed by atoms with Crippen LogP contribution in [0.5, 0.6) is 0 Å². The lowest BCUT2D eigenvalue weighted by Gasteiger charge is -2.18. The Labute approximate surface area is 485 Å². The van der Waals surface area contributed by atoms with Crippen molar-refractivity contribution < 1.29 is 28.6 Å². The average molecular weight is 1090 g/mol. The first-order valence-electron chi connectivity index (χ1n) is 34.3. The average Bonchev–Trinajstić information content (AvgIpc) is 3.44. The first kappa shape index (κ1) is 75.1. The van der Waals surface area contributed by atoms with Crippen LogP contribution < -0.4 is 0 Å². The van der Waals surface area contributed by atoms with Gasteiger partial charge in [-0.3, -0.25) is 14.4 Å². The number of ether oxygens (including phenoxy) is 3. The van der Waals surface area contributed by atoms with Gasteiger partial charge in [0, 0.05) is 19.3 Å². The summed E-state index contributed by atoms with van der Waals surface area (Å²) in [5.74, 6) is -0.850. The van der Waals surface area contributed by atoms with Crippen molar-refractivity contribution in [3.05, 3.63) is 60.8 Å². The molecule has 0 aromatic rings. The number of carbonyl (C=O) groups is 3. The normalized spacial score (nSPS) is 12.4. The van der Waals surface area contributed by atoms with Crippen LogP contribution in [0.1, 0.15) is 361 Å². The maximum absolute atomic E-state index is 12.9. The lowest BCUT2D eigenvalue weighted by Crippen LogP contribution is -2.30. The number of carbonyl (C=O) groups excluding carboxylic acids is 3. The van der Waals surface area contributed by atoms with Gasteiger partial charge in [0.2, 0.25) is 0 Å². The molecule has 0 aliphatic heterocycles. The molecule has 0 N–H and O–H groups in total. The highest BCUT2D eigenvalue weighted by Gasteiger charge is 2.19. The number of rotatable bonds is 63. The molecule has 0 aromatic carbocycles. The molecule has 0 bridgehead atoms. The van der Waals surface area contributed by atoms with E-state index in [1.807, 2.05) is 0 Å². The van der Waals surface area contributed by atoms with E-state index in [1.165, 1.54) is 225 Å². The highest BCUT2D eigenvalue weighted by molar-refractivity contribution is 5.71. The summed E-state index contributed by atoms with van der Waals surface area (Å²) in [5, 5.41) is 0. The fourth-order valence-corrected chi connectivity index (χ4v) is 10.2. The summed E-state index contributed by atoms with van der Waals surface area (Å²) < 4.78 is 17.0. The Hall–Kier alpha value is -2.89. The summed E-state index contributed by atoms with van der Waals surface area (Å²) in [4.78, 5) is 38.4. The van der Waals surface area contributed by atoms with Crippen LogP contribution >= 0.6 is 0 Å². The molecule has 78 heavy (non-hydrogen) atoms. The van der Waals surface area contributed by atoms with Crippen LogP contribution in [0.3, 0.4) is 0 Å². The molecule has 0 aliphatic carbocycles. The Morgan fingerprint density at radius 1 is 0.269 bits per heavy atom. The van der Waals surface area contributed by atoms with Gasteiger partial charge >= 0.3 is 17.9 Å². The van der Waals surface area contributed by atoms with Crippen LogP contribution in [0.4, 0.5) is 0 Å². The van der Waals surface area contributed by atoms with E-state index < -0.39 is 6.10 Å². The highest BCUT2D eigenvalue weighted by atomic mass is 16.6. The van der Waals surface area contributed by atoms with Crippen molar-refractivity contribution in [1.82, 2.24) is 0 Å². The van der Waals surface area contributed by atoms with Crippen molar-refractivity contribution in [2.75, 3.05) is 13.2 Å². The summed E-state index contributed by atoms with van der Waals surface area (Å²) >= 11 is 0. The van der Waals surface area contributed by atoms with Gasteiger partial charge in [0.15, 0.2) is 6.10 Å². The molecule has 1 atom stereocenters. The minimum absolute atomic E-state index is 0.0702. The topological polar surface area (TPSA) is 78.9 Å². The smallest absolute Gasteiger partial charge is 0.306 e. The Balaban J connectivity index is 4.31. The lowest BCUT2D eigenvalue weighted by atomic mass is 10.0. The van der Waals surface area contributed by atoms with Gasteiger partial charge in [-0.2, -0.15) is 0 Å². The Bertz CT molecular complexity index is 1390. The second kappa shape index (κ2) is 66.6. The molecule has 0 aromatic heterocycles. The Kier molecular flexibility index (Phi) is 64.2. The van der Waals surface area contributed by atoms with Crippen LogP contribution in [-0.4, -0.2) is 37.2 Å². The van der Waals surface area contributed by atoms with Gasteiger partial charge < -0.3 is 14.2 Å². The first-order valence-corrected chi connectivity index (χ1v) is 34.3. The number of hydrogen-bond donors (Lipinski definition) is 0. The molecule has 0 fully saturated rings. The summed E-state index contributed by atoms with van der Waals surface area (Å²) in [6.45, 7) is 6.59. The highest BCUT2D eigenvalue weighted by Crippen LogP contribution is 2.18. The van der Waals surface area contributed by atoms with Crippen LogP contribution in [-0.2, 0) is 28.6 Å². The molecule has 1 unspecified atom stereocenters. The zero-order valence-electron chi connectivity index (χ0n) is 52.2. The molecular weight excluding hydrogens is 961 g/mol. The van der Waals surface area contributed by atoms with E-state index in [-0.39, 0.29) is 31.1 Å². The van der Waals surface area contributed by atoms with Crippen molar-refractivity contribution >= 4 is 17.9 Å².